The third-order valence-electron chi connectivity index (χ3n) is 6.30. The number of piperazine rings is 1. The van der Waals surface area contributed by atoms with Gasteiger partial charge in [0.2, 0.25) is 0 Å². The summed E-state index contributed by atoms with van der Waals surface area (Å²) in [6.07, 6.45) is 4.68. The van der Waals surface area contributed by atoms with Gasteiger partial charge in [0.25, 0.3) is 5.91 Å². The van der Waals surface area contributed by atoms with Crippen molar-refractivity contribution in [2.24, 2.45) is 0 Å². The molecule has 0 aliphatic carbocycles. The molecule has 0 N–H and O–H groups in total. The van der Waals surface area contributed by atoms with Crippen LogP contribution in [0, 0.1) is 6.92 Å². The summed E-state index contributed by atoms with van der Waals surface area (Å²) in [6, 6.07) is 5.46. The second kappa shape index (κ2) is 8.04. The quantitative estimate of drug-likeness (QED) is 0.638. The molecule has 7 nitrogen and oxygen atoms in total. The Kier molecular flexibility index (Phi) is 5.25. The van der Waals surface area contributed by atoms with Crippen LogP contribution in [0.5, 0.6) is 0 Å². The zero-order valence-electron chi connectivity index (χ0n) is 17.2. The normalized spacial score (nSPS) is 17.9. The number of benzene rings is 1. The van der Waals surface area contributed by atoms with Crippen LogP contribution in [0.15, 0.2) is 22.6 Å². The number of rotatable bonds is 3. The molecule has 3 aromatic rings. The van der Waals surface area contributed by atoms with E-state index >= 15 is 0 Å². The molecule has 30 heavy (non-hydrogen) atoms. The van der Waals surface area contributed by atoms with E-state index in [2.05, 4.69) is 19.7 Å². The SMILES string of the molecule is Cc1c(C(=O)N2CCN(Cc3nnc4n3CCCCC4)CC2)oc2ccc(Cl)cc12. The van der Waals surface area contributed by atoms with Gasteiger partial charge in [-0.3, -0.25) is 9.69 Å². The highest BCUT2D eigenvalue weighted by molar-refractivity contribution is 6.31. The average molecular weight is 428 g/mol. The number of carbonyl (C=O) groups excluding carboxylic acids is 1. The van der Waals surface area contributed by atoms with Crippen molar-refractivity contribution in [1.29, 1.82) is 0 Å². The molecule has 1 amide bonds. The molecular weight excluding hydrogens is 402 g/mol. The summed E-state index contributed by atoms with van der Waals surface area (Å²) in [6.45, 7) is 6.72. The maximum Gasteiger partial charge on any atom is 0.289 e. The average Bonchev–Trinajstić information content (AvgIpc) is 3.18. The van der Waals surface area contributed by atoms with Crippen molar-refractivity contribution in [1.82, 2.24) is 24.6 Å². The van der Waals surface area contributed by atoms with E-state index in [0.717, 1.165) is 55.2 Å². The van der Waals surface area contributed by atoms with Crippen molar-refractivity contribution in [2.45, 2.75) is 45.7 Å². The Hall–Kier alpha value is -2.38. The Morgan fingerprint density at radius 1 is 1.10 bits per heavy atom. The van der Waals surface area contributed by atoms with E-state index in [9.17, 15) is 4.79 Å². The Bertz CT molecular complexity index is 1080. The van der Waals surface area contributed by atoms with Gasteiger partial charge >= 0.3 is 0 Å². The topological polar surface area (TPSA) is 67.4 Å². The molecule has 1 saturated heterocycles. The van der Waals surface area contributed by atoms with Gasteiger partial charge in [0.05, 0.1) is 6.54 Å². The Morgan fingerprint density at radius 2 is 1.93 bits per heavy atom. The number of hydrogen-bond acceptors (Lipinski definition) is 5. The zero-order chi connectivity index (χ0) is 20.7. The van der Waals surface area contributed by atoms with Gasteiger partial charge in [-0.15, -0.1) is 10.2 Å². The van der Waals surface area contributed by atoms with Crippen molar-refractivity contribution in [3.05, 3.63) is 46.2 Å². The van der Waals surface area contributed by atoms with Crippen LogP contribution in [0.4, 0.5) is 0 Å². The molecule has 8 heteroatoms. The summed E-state index contributed by atoms with van der Waals surface area (Å²) < 4.78 is 8.17. The first-order valence-electron chi connectivity index (χ1n) is 10.7. The second-order valence-electron chi connectivity index (χ2n) is 8.26. The van der Waals surface area contributed by atoms with Crippen LogP contribution >= 0.6 is 11.6 Å². The lowest BCUT2D eigenvalue weighted by molar-refractivity contribution is 0.0594. The van der Waals surface area contributed by atoms with Crippen LogP contribution in [0.25, 0.3) is 11.0 Å². The van der Waals surface area contributed by atoms with E-state index in [1.807, 2.05) is 24.0 Å². The van der Waals surface area contributed by atoms with Gasteiger partial charge in [0, 0.05) is 55.1 Å². The summed E-state index contributed by atoms with van der Waals surface area (Å²) in [4.78, 5) is 17.3. The maximum atomic E-state index is 13.1. The monoisotopic (exact) mass is 427 g/mol. The Labute approximate surface area is 180 Å². The molecule has 0 atom stereocenters. The van der Waals surface area contributed by atoms with Gasteiger partial charge in [-0.1, -0.05) is 18.0 Å². The van der Waals surface area contributed by atoms with Crippen LogP contribution in [0.3, 0.4) is 0 Å². The van der Waals surface area contributed by atoms with E-state index in [1.165, 1.54) is 19.3 Å². The third-order valence-corrected chi connectivity index (χ3v) is 6.54. The lowest BCUT2D eigenvalue weighted by atomic mass is 10.1. The van der Waals surface area contributed by atoms with Crippen molar-refractivity contribution in [3.8, 4) is 0 Å². The van der Waals surface area contributed by atoms with E-state index in [1.54, 1.807) is 6.07 Å². The molecular formula is C22H26ClN5O2. The molecule has 0 bridgehead atoms. The highest BCUT2D eigenvalue weighted by Gasteiger charge is 2.27. The highest BCUT2D eigenvalue weighted by atomic mass is 35.5. The van der Waals surface area contributed by atoms with Crippen LogP contribution in [-0.4, -0.2) is 56.7 Å². The van der Waals surface area contributed by atoms with Crippen LogP contribution in [0.1, 0.15) is 47.0 Å². The summed E-state index contributed by atoms with van der Waals surface area (Å²) in [7, 11) is 0. The molecule has 0 spiro atoms. The molecule has 2 aliphatic rings. The largest absolute Gasteiger partial charge is 0.451 e. The summed E-state index contributed by atoms with van der Waals surface area (Å²) in [5.74, 6) is 2.55. The van der Waals surface area contributed by atoms with Gasteiger partial charge in [-0.25, -0.2) is 0 Å². The molecule has 0 unspecified atom stereocenters. The number of aromatic nitrogens is 3. The first-order valence-corrected chi connectivity index (χ1v) is 11.1. The fourth-order valence-electron chi connectivity index (χ4n) is 4.51. The predicted molar refractivity (Wildman–Crippen MR) is 115 cm³/mol. The first kappa shape index (κ1) is 19.6. The van der Waals surface area contributed by atoms with Crippen LogP contribution < -0.4 is 0 Å². The fourth-order valence-corrected chi connectivity index (χ4v) is 4.68. The van der Waals surface area contributed by atoms with Gasteiger partial charge < -0.3 is 13.9 Å². The molecule has 1 fully saturated rings. The lowest BCUT2D eigenvalue weighted by Crippen LogP contribution is -2.48. The molecule has 2 aliphatic heterocycles. The number of fused-ring (bicyclic) bond motifs is 2. The smallest absolute Gasteiger partial charge is 0.289 e. The minimum Gasteiger partial charge on any atom is -0.451 e. The van der Waals surface area contributed by atoms with Crippen molar-refractivity contribution in [2.75, 3.05) is 26.2 Å². The van der Waals surface area contributed by atoms with Gasteiger partial charge in [-0.05, 0) is 38.0 Å². The first-order chi connectivity index (χ1) is 14.6. The fraction of sp³-hybridized carbons (Fsp3) is 0.500. The number of nitrogens with zero attached hydrogens (tertiary/aromatic N) is 5. The molecule has 2 aromatic heterocycles. The molecule has 0 radical (unpaired) electrons. The number of hydrogen-bond donors (Lipinski definition) is 0. The van der Waals surface area contributed by atoms with Gasteiger partial charge in [0.15, 0.2) is 5.76 Å². The van der Waals surface area contributed by atoms with Gasteiger partial charge in [0.1, 0.15) is 17.2 Å². The second-order valence-corrected chi connectivity index (χ2v) is 8.70. The van der Waals surface area contributed by atoms with E-state index in [0.29, 0.717) is 29.5 Å². The number of aryl methyl sites for hydroxylation is 2. The lowest BCUT2D eigenvalue weighted by Gasteiger charge is -2.34. The van der Waals surface area contributed by atoms with E-state index in [4.69, 9.17) is 16.0 Å². The predicted octanol–water partition coefficient (Wildman–Crippen LogP) is 3.67. The van der Waals surface area contributed by atoms with Crippen molar-refractivity contribution >= 4 is 28.5 Å². The number of carbonyl (C=O) groups is 1. The minimum atomic E-state index is -0.0455. The summed E-state index contributed by atoms with van der Waals surface area (Å²) >= 11 is 6.10. The zero-order valence-corrected chi connectivity index (χ0v) is 18.0. The highest BCUT2D eigenvalue weighted by Crippen LogP contribution is 2.29. The van der Waals surface area contributed by atoms with Crippen LogP contribution in [0.2, 0.25) is 5.02 Å². The molecule has 4 heterocycles. The number of halogens is 1. The summed E-state index contributed by atoms with van der Waals surface area (Å²) in [5, 5.41) is 10.4. The van der Waals surface area contributed by atoms with Crippen LogP contribution in [-0.2, 0) is 19.5 Å². The Balaban J connectivity index is 1.25. The third kappa shape index (κ3) is 3.61. The molecule has 1 aromatic carbocycles. The number of amides is 1. The number of furan rings is 1. The molecule has 0 saturated carbocycles. The van der Waals surface area contributed by atoms with E-state index in [-0.39, 0.29) is 5.91 Å². The minimum absolute atomic E-state index is 0.0455. The van der Waals surface area contributed by atoms with Crippen molar-refractivity contribution in [3.63, 3.8) is 0 Å². The summed E-state index contributed by atoms with van der Waals surface area (Å²) in [5.41, 5.74) is 1.55. The Morgan fingerprint density at radius 3 is 2.77 bits per heavy atom. The van der Waals surface area contributed by atoms with Crippen molar-refractivity contribution < 1.29 is 9.21 Å². The van der Waals surface area contributed by atoms with Gasteiger partial charge in [-0.2, -0.15) is 0 Å². The molecule has 158 valence electrons. The van der Waals surface area contributed by atoms with E-state index < -0.39 is 0 Å². The maximum absolute atomic E-state index is 13.1. The standard InChI is InChI=1S/C22H26ClN5O2/c1-15-17-13-16(23)6-7-18(17)30-21(15)22(29)27-11-9-26(10-12-27)14-20-25-24-19-5-3-2-4-8-28(19)20/h6-7,13H,2-5,8-12,14H2,1H3. The molecule has 5 rings (SSSR count).